The lowest BCUT2D eigenvalue weighted by molar-refractivity contribution is -0.142. The summed E-state index contributed by atoms with van der Waals surface area (Å²) < 4.78 is 9.24. The van der Waals surface area contributed by atoms with Gasteiger partial charge >= 0.3 is 12.0 Å². The molecule has 1 unspecified atom stereocenters. The molecule has 0 aliphatic heterocycles. The molecule has 1 heterocycles. The van der Waals surface area contributed by atoms with Gasteiger partial charge in [-0.3, -0.25) is 0 Å². The number of nitrogens with one attached hydrogen (secondary N) is 1. The first-order chi connectivity index (χ1) is 8.10. The van der Waals surface area contributed by atoms with Crippen molar-refractivity contribution in [2.24, 2.45) is 0 Å². The van der Waals surface area contributed by atoms with E-state index in [-0.39, 0.29) is 17.2 Å². The molecule has 1 aromatic rings. The summed E-state index contributed by atoms with van der Waals surface area (Å²) in [6.45, 7) is -0.474. The number of aromatic nitrogens is 3. The van der Waals surface area contributed by atoms with E-state index in [1.807, 2.05) is 0 Å². The van der Waals surface area contributed by atoms with Crippen LogP contribution in [0.1, 0.15) is 0 Å². The third kappa shape index (κ3) is 3.68. The van der Waals surface area contributed by atoms with Gasteiger partial charge in [0.2, 0.25) is 11.2 Å². The van der Waals surface area contributed by atoms with Crippen LogP contribution in [0.3, 0.4) is 0 Å². The normalized spacial score (nSPS) is 11.8. The van der Waals surface area contributed by atoms with Crippen LogP contribution in [0.15, 0.2) is 0 Å². The predicted molar refractivity (Wildman–Crippen MR) is 57.9 cm³/mol. The summed E-state index contributed by atoms with van der Waals surface area (Å²) in [5.41, 5.74) is 0. The van der Waals surface area contributed by atoms with Crippen LogP contribution in [-0.4, -0.2) is 52.9 Å². The molecule has 2 N–H and O–H groups in total. The number of carbonyl (C=O) groups excluding carboxylic acids is 1. The highest BCUT2D eigenvalue weighted by Gasteiger charge is 2.19. The number of esters is 1. The fourth-order valence-electron chi connectivity index (χ4n) is 0.965. The molecule has 1 aromatic heterocycles. The number of nitrogens with zero attached hydrogens (tertiary/aromatic N) is 3. The average Bonchev–Trinajstić information content (AvgIpc) is 2.34. The molecule has 0 bridgehead atoms. The monoisotopic (exact) mass is 262 g/mol. The van der Waals surface area contributed by atoms with Crippen molar-refractivity contribution >= 4 is 23.5 Å². The Bertz CT molecular complexity index is 403. The third-order valence-electron chi connectivity index (χ3n) is 1.74. The second-order valence-corrected chi connectivity index (χ2v) is 3.16. The molecule has 1 rings (SSSR count). The molecule has 0 radical (unpaired) electrons. The molecule has 17 heavy (non-hydrogen) atoms. The predicted octanol–water partition coefficient (Wildman–Crippen LogP) is -0.521. The Morgan fingerprint density at radius 3 is 2.71 bits per heavy atom. The van der Waals surface area contributed by atoms with Crippen LogP contribution in [0.4, 0.5) is 5.95 Å². The van der Waals surface area contributed by atoms with E-state index in [0.29, 0.717) is 0 Å². The smallest absolute Gasteiger partial charge is 0.330 e. The van der Waals surface area contributed by atoms with Gasteiger partial charge in [0.1, 0.15) is 0 Å². The zero-order valence-corrected chi connectivity index (χ0v) is 9.93. The molecule has 1 atom stereocenters. The van der Waals surface area contributed by atoms with Crippen molar-refractivity contribution < 1.29 is 19.4 Å². The summed E-state index contributed by atoms with van der Waals surface area (Å²) in [6.07, 6.45) is 0. The van der Waals surface area contributed by atoms with E-state index in [1.165, 1.54) is 14.2 Å². The topological polar surface area (TPSA) is 106 Å². The Morgan fingerprint density at radius 1 is 1.47 bits per heavy atom. The molecule has 0 amide bonds. The summed E-state index contributed by atoms with van der Waals surface area (Å²) in [5, 5.41) is 11.4. The molecule has 9 heteroatoms. The minimum absolute atomic E-state index is 0.00550. The lowest BCUT2D eigenvalue weighted by Crippen LogP contribution is -2.34. The summed E-state index contributed by atoms with van der Waals surface area (Å²) in [5.74, 6) is -0.644. The molecular weight excluding hydrogens is 252 g/mol. The van der Waals surface area contributed by atoms with E-state index >= 15 is 0 Å². The van der Waals surface area contributed by atoms with Gasteiger partial charge < -0.3 is 19.9 Å². The zero-order valence-electron chi connectivity index (χ0n) is 9.18. The Kier molecular flexibility index (Phi) is 4.85. The van der Waals surface area contributed by atoms with Crippen molar-refractivity contribution in [3.8, 4) is 6.01 Å². The summed E-state index contributed by atoms with van der Waals surface area (Å²) in [7, 11) is 2.56. The number of halogens is 1. The van der Waals surface area contributed by atoms with E-state index in [1.54, 1.807) is 0 Å². The number of hydrogen-bond acceptors (Lipinski definition) is 8. The first-order valence-corrected chi connectivity index (χ1v) is 4.89. The first-order valence-electron chi connectivity index (χ1n) is 4.51. The van der Waals surface area contributed by atoms with Crippen molar-refractivity contribution in [1.29, 1.82) is 0 Å². The minimum Gasteiger partial charge on any atom is -0.467 e. The molecule has 0 aliphatic carbocycles. The third-order valence-corrected chi connectivity index (χ3v) is 1.91. The molecule has 0 aliphatic rings. The maximum Gasteiger partial charge on any atom is 0.330 e. The molecule has 0 fully saturated rings. The van der Waals surface area contributed by atoms with Gasteiger partial charge in [0, 0.05) is 0 Å². The number of carbonyl (C=O) groups is 1. The number of aliphatic hydroxyl groups excluding tert-OH is 1. The lowest BCUT2D eigenvalue weighted by atomic mass is 10.3. The number of methoxy groups -OCH3 is 2. The Labute approximate surface area is 102 Å². The molecular formula is C8H11ClN4O4. The standard InChI is InChI=1S/C8H11ClN4O4/c1-16-5(15)4(3-14)10-7-11-6(9)12-8(13-7)17-2/h4,14H,3H2,1-2H3,(H,10,11,12,13). The number of aliphatic hydroxyl groups is 1. The van der Waals surface area contributed by atoms with E-state index in [2.05, 4.69) is 25.0 Å². The highest BCUT2D eigenvalue weighted by molar-refractivity contribution is 6.28. The van der Waals surface area contributed by atoms with E-state index in [0.717, 1.165) is 0 Å². The van der Waals surface area contributed by atoms with E-state index in [4.69, 9.17) is 21.4 Å². The van der Waals surface area contributed by atoms with Gasteiger partial charge in [-0.2, -0.15) is 15.0 Å². The lowest BCUT2D eigenvalue weighted by Gasteiger charge is -2.13. The van der Waals surface area contributed by atoms with Crippen LogP contribution in [0, 0.1) is 0 Å². The summed E-state index contributed by atoms with van der Waals surface area (Å²) in [6, 6.07) is -0.989. The van der Waals surface area contributed by atoms with Crippen LogP contribution >= 0.6 is 11.6 Å². The first kappa shape index (κ1) is 13.4. The second-order valence-electron chi connectivity index (χ2n) is 2.82. The molecule has 0 spiro atoms. The van der Waals surface area contributed by atoms with Crippen LogP contribution in [0.25, 0.3) is 0 Å². The molecule has 94 valence electrons. The maximum absolute atomic E-state index is 11.2. The SMILES string of the molecule is COC(=O)C(CO)Nc1nc(Cl)nc(OC)n1. The zero-order chi connectivity index (χ0) is 12.8. The van der Waals surface area contributed by atoms with Crippen LogP contribution in [-0.2, 0) is 9.53 Å². The van der Waals surface area contributed by atoms with Crippen molar-refractivity contribution in [3.05, 3.63) is 5.28 Å². The van der Waals surface area contributed by atoms with Crippen LogP contribution < -0.4 is 10.1 Å². The van der Waals surface area contributed by atoms with E-state index in [9.17, 15) is 4.79 Å². The Morgan fingerprint density at radius 2 is 2.18 bits per heavy atom. The van der Waals surface area contributed by atoms with Gasteiger partial charge in [0.15, 0.2) is 6.04 Å². The highest BCUT2D eigenvalue weighted by Crippen LogP contribution is 2.11. The van der Waals surface area contributed by atoms with Gasteiger partial charge in [0.05, 0.1) is 20.8 Å². The summed E-state index contributed by atoms with van der Waals surface area (Å²) in [4.78, 5) is 22.4. The largest absolute Gasteiger partial charge is 0.467 e. The Hall–Kier alpha value is -1.67. The van der Waals surface area contributed by atoms with E-state index < -0.39 is 18.6 Å². The fourth-order valence-corrected chi connectivity index (χ4v) is 1.12. The number of hydrogen-bond donors (Lipinski definition) is 2. The van der Waals surface area contributed by atoms with Crippen molar-refractivity contribution in [2.75, 3.05) is 26.1 Å². The van der Waals surface area contributed by atoms with Crippen LogP contribution in [0.5, 0.6) is 6.01 Å². The van der Waals surface area contributed by atoms with Gasteiger partial charge in [-0.05, 0) is 11.6 Å². The van der Waals surface area contributed by atoms with Crippen molar-refractivity contribution in [3.63, 3.8) is 0 Å². The van der Waals surface area contributed by atoms with Crippen molar-refractivity contribution in [1.82, 2.24) is 15.0 Å². The highest BCUT2D eigenvalue weighted by atomic mass is 35.5. The molecule has 0 saturated heterocycles. The maximum atomic E-state index is 11.2. The molecule has 0 saturated carbocycles. The summed E-state index contributed by atoms with van der Waals surface area (Å²) >= 11 is 5.61. The number of anilines is 1. The van der Waals surface area contributed by atoms with Crippen LogP contribution in [0.2, 0.25) is 5.28 Å². The molecule has 8 nitrogen and oxygen atoms in total. The second kappa shape index (κ2) is 6.16. The number of ether oxygens (including phenoxy) is 2. The molecule has 0 aromatic carbocycles. The van der Waals surface area contributed by atoms with Gasteiger partial charge in [0.25, 0.3) is 0 Å². The quantitative estimate of drug-likeness (QED) is 0.683. The Balaban J connectivity index is 2.85. The van der Waals surface area contributed by atoms with Gasteiger partial charge in [-0.15, -0.1) is 0 Å². The number of rotatable bonds is 5. The van der Waals surface area contributed by atoms with Crippen molar-refractivity contribution in [2.45, 2.75) is 6.04 Å². The van der Waals surface area contributed by atoms with Gasteiger partial charge in [-0.25, -0.2) is 4.79 Å². The van der Waals surface area contributed by atoms with Gasteiger partial charge in [-0.1, -0.05) is 0 Å². The minimum atomic E-state index is -0.983. The average molecular weight is 263 g/mol. The fraction of sp³-hybridized carbons (Fsp3) is 0.500.